The van der Waals surface area contributed by atoms with Gasteiger partial charge in [0.2, 0.25) is 10.8 Å². The molecule has 1 aromatic carbocycles. The van der Waals surface area contributed by atoms with Crippen molar-refractivity contribution in [3.8, 4) is 0 Å². The van der Waals surface area contributed by atoms with E-state index in [4.69, 9.17) is 26.8 Å². The van der Waals surface area contributed by atoms with Crippen LogP contribution in [0.4, 0.5) is 0 Å². The molecule has 3 atom stereocenters. The SMILES string of the molecule is C[C@H](OC(=S)[C@@H](C)OC(=O)[C@H](C)c1ccc(C(=O)c2ccccc2)s1)C(=O)O. The highest BCUT2D eigenvalue weighted by Gasteiger charge is 2.26. The monoisotopic (exact) mass is 420 g/mol. The van der Waals surface area contributed by atoms with Gasteiger partial charge in [0.05, 0.1) is 10.8 Å². The van der Waals surface area contributed by atoms with Gasteiger partial charge in [0.25, 0.3) is 0 Å². The number of carbonyl (C=O) groups excluding carboxylic acids is 2. The van der Waals surface area contributed by atoms with E-state index < -0.39 is 30.1 Å². The van der Waals surface area contributed by atoms with Gasteiger partial charge in [0.1, 0.15) is 0 Å². The van der Waals surface area contributed by atoms with E-state index in [1.54, 1.807) is 43.3 Å². The molecule has 2 aromatic rings. The standard InChI is InChI=1S/C20H20O6S2/c1-11(19(24)25-13(3)20(27)26-12(2)18(22)23)15-9-10-16(28-15)17(21)14-7-5-4-6-8-14/h4-13H,1-3H3,(H,22,23)/t11-,12+,13-/m1/s1. The summed E-state index contributed by atoms with van der Waals surface area (Å²) in [7, 11) is 0. The van der Waals surface area contributed by atoms with E-state index in [0.29, 0.717) is 15.3 Å². The van der Waals surface area contributed by atoms with Gasteiger partial charge in [-0.2, -0.15) is 0 Å². The second-order valence-electron chi connectivity index (χ2n) is 6.12. The zero-order valence-electron chi connectivity index (χ0n) is 15.6. The van der Waals surface area contributed by atoms with Gasteiger partial charge in [-0.3, -0.25) is 9.59 Å². The molecular formula is C20H20O6S2. The smallest absolute Gasteiger partial charge is 0.344 e. The quantitative estimate of drug-likeness (QED) is 0.394. The van der Waals surface area contributed by atoms with Crippen LogP contribution in [0.1, 0.15) is 46.8 Å². The topological polar surface area (TPSA) is 89.9 Å². The molecule has 0 fully saturated rings. The molecule has 0 aliphatic carbocycles. The van der Waals surface area contributed by atoms with Crippen molar-refractivity contribution in [3.63, 3.8) is 0 Å². The Morgan fingerprint density at radius 2 is 1.61 bits per heavy atom. The molecule has 1 heterocycles. The lowest BCUT2D eigenvalue weighted by molar-refractivity contribution is -0.148. The molecule has 28 heavy (non-hydrogen) atoms. The number of rotatable bonds is 8. The van der Waals surface area contributed by atoms with Crippen LogP contribution < -0.4 is 0 Å². The first-order valence-electron chi connectivity index (χ1n) is 8.54. The molecule has 0 aliphatic heterocycles. The largest absolute Gasteiger partial charge is 0.479 e. The van der Waals surface area contributed by atoms with Crippen LogP contribution in [0, 0.1) is 0 Å². The molecule has 0 bridgehead atoms. The zero-order chi connectivity index (χ0) is 20.8. The number of hydrogen-bond donors (Lipinski definition) is 1. The van der Waals surface area contributed by atoms with Gasteiger partial charge in [-0.1, -0.05) is 30.3 Å². The number of esters is 1. The molecule has 0 saturated heterocycles. The Balaban J connectivity index is 2.00. The summed E-state index contributed by atoms with van der Waals surface area (Å²) in [5, 5.41) is 8.73. The molecule has 1 N–H and O–H groups in total. The molecule has 1 aromatic heterocycles. The molecule has 0 amide bonds. The van der Waals surface area contributed by atoms with Crippen molar-refractivity contribution in [3.05, 3.63) is 57.8 Å². The number of carbonyl (C=O) groups is 3. The van der Waals surface area contributed by atoms with Gasteiger partial charge < -0.3 is 14.6 Å². The van der Waals surface area contributed by atoms with Crippen LogP contribution in [0.25, 0.3) is 0 Å². The summed E-state index contributed by atoms with van der Waals surface area (Å²) < 4.78 is 10.3. The fourth-order valence-corrected chi connectivity index (χ4v) is 3.40. The molecule has 148 valence electrons. The highest BCUT2D eigenvalue weighted by Crippen LogP contribution is 2.28. The lowest BCUT2D eigenvalue weighted by Gasteiger charge is -2.19. The number of ether oxygens (including phenoxy) is 2. The van der Waals surface area contributed by atoms with Gasteiger partial charge in [-0.25, -0.2) is 4.79 Å². The van der Waals surface area contributed by atoms with Crippen LogP contribution >= 0.6 is 23.6 Å². The molecule has 0 saturated carbocycles. The Morgan fingerprint density at radius 3 is 2.21 bits per heavy atom. The number of thiocarbonyl (C=S) groups is 1. The Bertz CT molecular complexity index is 874. The van der Waals surface area contributed by atoms with Crippen LogP contribution in [0.15, 0.2) is 42.5 Å². The number of ketones is 1. The summed E-state index contributed by atoms with van der Waals surface area (Å²) in [6.07, 6.45) is -2.01. The van der Waals surface area contributed by atoms with Crippen molar-refractivity contribution in [2.24, 2.45) is 0 Å². The summed E-state index contributed by atoms with van der Waals surface area (Å²) in [5.74, 6) is -2.42. The Hall–Kier alpha value is -2.58. The van der Waals surface area contributed by atoms with Crippen molar-refractivity contribution in [1.29, 1.82) is 0 Å². The summed E-state index contributed by atoms with van der Waals surface area (Å²) in [4.78, 5) is 36.9. The maximum Gasteiger partial charge on any atom is 0.344 e. The minimum Gasteiger partial charge on any atom is -0.479 e. The number of carboxylic acids is 1. The van der Waals surface area contributed by atoms with E-state index in [1.807, 2.05) is 6.07 Å². The van der Waals surface area contributed by atoms with Crippen molar-refractivity contribution < 1.29 is 29.0 Å². The maximum absolute atomic E-state index is 12.5. The molecule has 0 unspecified atom stereocenters. The highest BCUT2D eigenvalue weighted by atomic mass is 32.1. The van der Waals surface area contributed by atoms with Gasteiger partial charge in [0, 0.05) is 10.4 Å². The number of aliphatic carboxylic acids is 1. The van der Waals surface area contributed by atoms with E-state index in [9.17, 15) is 14.4 Å². The predicted octanol–water partition coefficient (Wildman–Crippen LogP) is 3.83. The highest BCUT2D eigenvalue weighted by molar-refractivity contribution is 7.80. The first-order valence-corrected chi connectivity index (χ1v) is 9.76. The van der Waals surface area contributed by atoms with Crippen LogP contribution in [0.5, 0.6) is 0 Å². The summed E-state index contributed by atoms with van der Waals surface area (Å²) in [6.45, 7) is 4.52. The molecule has 2 rings (SSSR count). The molecule has 0 radical (unpaired) electrons. The molecule has 0 spiro atoms. The number of carboxylic acid groups (broad SMARTS) is 1. The van der Waals surface area contributed by atoms with E-state index >= 15 is 0 Å². The third kappa shape index (κ3) is 5.46. The predicted molar refractivity (Wildman–Crippen MR) is 109 cm³/mol. The van der Waals surface area contributed by atoms with E-state index in [0.717, 1.165) is 0 Å². The lowest BCUT2D eigenvalue weighted by Crippen LogP contribution is -2.31. The van der Waals surface area contributed by atoms with Crippen molar-refractivity contribution in [2.75, 3.05) is 0 Å². The molecule has 8 heteroatoms. The molecule has 6 nitrogen and oxygen atoms in total. The number of benzene rings is 1. The van der Waals surface area contributed by atoms with Gasteiger partial charge in [-0.15, -0.1) is 11.3 Å². The van der Waals surface area contributed by atoms with Gasteiger partial charge in [-0.05, 0) is 45.1 Å². The van der Waals surface area contributed by atoms with Gasteiger partial charge >= 0.3 is 11.9 Å². The Morgan fingerprint density at radius 1 is 0.964 bits per heavy atom. The second kappa shape index (κ2) is 9.57. The van der Waals surface area contributed by atoms with Crippen molar-refractivity contribution in [1.82, 2.24) is 0 Å². The van der Waals surface area contributed by atoms with E-state index in [2.05, 4.69) is 0 Å². The second-order valence-corrected chi connectivity index (χ2v) is 7.63. The molecule has 0 aliphatic rings. The van der Waals surface area contributed by atoms with Crippen molar-refractivity contribution in [2.45, 2.75) is 38.9 Å². The fraction of sp³-hybridized carbons (Fsp3) is 0.300. The normalized spacial score (nSPS) is 13.8. The number of thiophene rings is 1. The number of hydrogen-bond acceptors (Lipinski definition) is 7. The van der Waals surface area contributed by atoms with Crippen molar-refractivity contribution >= 4 is 46.3 Å². The summed E-state index contributed by atoms with van der Waals surface area (Å²) >= 11 is 6.21. The van der Waals surface area contributed by atoms with Crippen LogP contribution in [-0.4, -0.2) is 40.1 Å². The fourth-order valence-electron chi connectivity index (χ4n) is 2.20. The lowest BCUT2D eigenvalue weighted by atomic mass is 10.1. The van der Waals surface area contributed by atoms with E-state index in [1.165, 1.54) is 25.2 Å². The first kappa shape index (κ1) is 21.7. The van der Waals surface area contributed by atoms with Crippen LogP contribution in [-0.2, 0) is 19.1 Å². The third-order valence-corrected chi connectivity index (χ3v) is 5.63. The summed E-state index contributed by atoms with van der Waals surface area (Å²) in [5.41, 5.74) is 0.579. The average Bonchev–Trinajstić information content (AvgIpc) is 3.17. The summed E-state index contributed by atoms with van der Waals surface area (Å²) in [6, 6.07) is 12.3. The molecular weight excluding hydrogens is 400 g/mol. The zero-order valence-corrected chi connectivity index (χ0v) is 17.2. The Labute approximate surface area is 172 Å². The minimum absolute atomic E-state index is 0.108. The average molecular weight is 421 g/mol. The van der Waals surface area contributed by atoms with Crippen LogP contribution in [0.2, 0.25) is 0 Å². The first-order chi connectivity index (χ1) is 13.2. The van der Waals surface area contributed by atoms with Crippen LogP contribution in [0.3, 0.4) is 0 Å². The van der Waals surface area contributed by atoms with Gasteiger partial charge in [0.15, 0.2) is 12.2 Å². The third-order valence-electron chi connectivity index (χ3n) is 3.93. The minimum atomic E-state index is -1.16. The van der Waals surface area contributed by atoms with E-state index in [-0.39, 0.29) is 10.8 Å². The maximum atomic E-state index is 12.5. The Kier molecular flexibility index (Phi) is 7.42.